The molecule has 0 bridgehead atoms. The van der Waals surface area contributed by atoms with Crippen molar-refractivity contribution in [1.29, 1.82) is 0 Å². The van der Waals surface area contributed by atoms with Gasteiger partial charge in [0, 0.05) is 12.6 Å². The van der Waals surface area contributed by atoms with Gasteiger partial charge in [0.05, 0.1) is 5.56 Å². The van der Waals surface area contributed by atoms with E-state index in [0.717, 1.165) is 13.0 Å². The van der Waals surface area contributed by atoms with Crippen LogP contribution in [0.4, 0.5) is 5.82 Å². The molecule has 2 heterocycles. The summed E-state index contributed by atoms with van der Waals surface area (Å²) in [6.45, 7) is 5.23. The van der Waals surface area contributed by atoms with E-state index in [4.69, 9.17) is 16.7 Å². The molecule has 0 aromatic carbocycles. The zero-order valence-electron chi connectivity index (χ0n) is 10.6. The van der Waals surface area contributed by atoms with E-state index in [1.54, 1.807) is 6.07 Å². The molecule has 18 heavy (non-hydrogen) atoms. The molecule has 1 aromatic heterocycles. The van der Waals surface area contributed by atoms with Crippen LogP contribution in [0.3, 0.4) is 0 Å². The normalized spacial score (nSPS) is 24.1. The number of rotatable bonds is 2. The first kappa shape index (κ1) is 13.1. The lowest BCUT2D eigenvalue weighted by atomic mass is 9.95. The van der Waals surface area contributed by atoms with E-state index >= 15 is 0 Å². The average molecular weight is 269 g/mol. The molecule has 4 nitrogen and oxygen atoms in total. The van der Waals surface area contributed by atoms with Gasteiger partial charge in [-0.2, -0.15) is 0 Å². The minimum Gasteiger partial charge on any atom is -0.478 e. The summed E-state index contributed by atoms with van der Waals surface area (Å²) in [6, 6.07) is 3.35. The zero-order chi connectivity index (χ0) is 13.3. The molecule has 1 aliphatic heterocycles. The first-order valence-electron chi connectivity index (χ1n) is 6.15. The molecular weight excluding hydrogens is 252 g/mol. The molecule has 2 atom stereocenters. The van der Waals surface area contributed by atoms with Crippen molar-refractivity contribution in [2.45, 2.75) is 32.7 Å². The van der Waals surface area contributed by atoms with Crippen LogP contribution in [-0.2, 0) is 0 Å². The molecule has 1 saturated heterocycles. The Balaban J connectivity index is 2.34. The van der Waals surface area contributed by atoms with Crippen LogP contribution in [-0.4, -0.2) is 28.6 Å². The average Bonchev–Trinajstić information content (AvgIpc) is 2.31. The van der Waals surface area contributed by atoms with E-state index in [0.29, 0.717) is 17.8 Å². The summed E-state index contributed by atoms with van der Waals surface area (Å²) in [5.74, 6) is 0.285. The first-order chi connectivity index (χ1) is 8.47. The Morgan fingerprint density at radius 1 is 1.44 bits per heavy atom. The highest BCUT2D eigenvalue weighted by molar-refractivity contribution is 6.29. The molecule has 1 fully saturated rings. The monoisotopic (exact) mass is 268 g/mol. The van der Waals surface area contributed by atoms with Gasteiger partial charge in [0.2, 0.25) is 0 Å². The molecule has 5 heteroatoms. The molecule has 1 aliphatic rings. The fraction of sp³-hybridized carbons (Fsp3) is 0.538. The number of carbonyl (C=O) groups is 1. The van der Waals surface area contributed by atoms with Gasteiger partial charge in [-0.05, 0) is 37.8 Å². The van der Waals surface area contributed by atoms with Crippen molar-refractivity contribution >= 4 is 23.4 Å². The van der Waals surface area contributed by atoms with Crippen molar-refractivity contribution in [2.24, 2.45) is 5.92 Å². The number of hydrogen-bond acceptors (Lipinski definition) is 3. The third-order valence-electron chi connectivity index (χ3n) is 3.44. The molecule has 0 aliphatic carbocycles. The second kappa shape index (κ2) is 5.14. The maximum Gasteiger partial charge on any atom is 0.335 e. The minimum atomic E-state index is -0.974. The summed E-state index contributed by atoms with van der Waals surface area (Å²) in [6.07, 6.45) is 2.29. The summed E-state index contributed by atoms with van der Waals surface area (Å²) in [5.41, 5.74) is 0.190. The Morgan fingerprint density at radius 3 is 2.83 bits per heavy atom. The summed E-state index contributed by atoms with van der Waals surface area (Å²) in [4.78, 5) is 17.4. The van der Waals surface area contributed by atoms with E-state index < -0.39 is 5.97 Å². The highest BCUT2D eigenvalue weighted by Crippen LogP contribution is 2.27. The number of halogens is 1. The van der Waals surface area contributed by atoms with Crippen LogP contribution in [0.25, 0.3) is 0 Å². The molecule has 0 spiro atoms. The van der Waals surface area contributed by atoms with Crippen LogP contribution in [0.5, 0.6) is 0 Å². The van der Waals surface area contributed by atoms with Gasteiger partial charge >= 0.3 is 5.97 Å². The number of hydrogen-bond donors (Lipinski definition) is 1. The third-order valence-corrected chi connectivity index (χ3v) is 3.63. The standard InChI is InChI=1S/C13H17ClN2O2/c1-8-3-4-9(2)16(7-8)12-6-10(13(17)18)5-11(14)15-12/h5-6,8-9H,3-4,7H2,1-2H3,(H,17,18). The lowest BCUT2D eigenvalue weighted by Crippen LogP contribution is -2.41. The van der Waals surface area contributed by atoms with Crippen LogP contribution in [0.15, 0.2) is 12.1 Å². The molecule has 1 aromatic rings. The number of pyridine rings is 1. The van der Waals surface area contributed by atoms with Gasteiger partial charge in [-0.25, -0.2) is 9.78 Å². The number of carboxylic acid groups (broad SMARTS) is 1. The number of nitrogens with zero attached hydrogens (tertiary/aromatic N) is 2. The summed E-state index contributed by atoms with van der Waals surface area (Å²) in [7, 11) is 0. The van der Waals surface area contributed by atoms with Gasteiger partial charge < -0.3 is 10.0 Å². The number of aromatic carboxylic acids is 1. The summed E-state index contributed by atoms with van der Waals surface area (Å²) < 4.78 is 0. The Morgan fingerprint density at radius 2 is 2.17 bits per heavy atom. The maximum atomic E-state index is 11.0. The van der Waals surface area contributed by atoms with Gasteiger partial charge in [-0.15, -0.1) is 0 Å². The van der Waals surface area contributed by atoms with E-state index in [1.807, 2.05) is 0 Å². The Bertz CT molecular complexity index is 464. The van der Waals surface area contributed by atoms with Crippen molar-refractivity contribution in [2.75, 3.05) is 11.4 Å². The molecular formula is C13H17ClN2O2. The first-order valence-corrected chi connectivity index (χ1v) is 6.52. The molecule has 0 amide bonds. The van der Waals surface area contributed by atoms with E-state index in [9.17, 15) is 4.79 Å². The largest absolute Gasteiger partial charge is 0.478 e. The topological polar surface area (TPSA) is 53.4 Å². The number of aromatic nitrogens is 1. The van der Waals surface area contributed by atoms with Crippen molar-refractivity contribution in [1.82, 2.24) is 4.98 Å². The van der Waals surface area contributed by atoms with Crippen molar-refractivity contribution in [3.8, 4) is 0 Å². The predicted molar refractivity (Wildman–Crippen MR) is 71.4 cm³/mol. The van der Waals surface area contributed by atoms with Gasteiger partial charge in [-0.3, -0.25) is 0 Å². The SMILES string of the molecule is CC1CCC(C)N(c2cc(C(=O)O)cc(Cl)n2)C1. The predicted octanol–water partition coefficient (Wildman–Crippen LogP) is 3.06. The smallest absolute Gasteiger partial charge is 0.335 e. The number of piperidine rings is 1. The molecule has 2 rings (SSSR count). The summed E-state index contributed by atoms with van der Waals surface area (Å²) >= 11 is 5.90. The summed E-state index contributed by atoms with van der Waals surface area (Å²) in [5, 5.41) is 9.28. The van der Waals surface area contributed by atoms with E-state index in [-0.39, 0.29) is 10.7 Å². The van der Waals surface area contributed by atoms with Crippen LogP contribution in [0.1, 0.15) is 37.0 Å². The molecule has 1 N–H and O–H groups in total. The highest BCUT2D eigenvalue weighted by Gasteiger charge is 2.24. The van der Waals surface area contributed by atoms with Gasteiger partial charge in [0.1, 0.15) is 11.0 Å². The third kappa shape index (κ3) is 2.75. The molecule has 0 radical (unpaired) electrons. The molecule has 2 unspecified atom stereocenters. The number of anilines is 1. The highest BCUT2D eigenvalue weighted by atomic mass is 35.5. The van der Waals surface area contributed by atoms with Gasteiger partial charge in [0.25, 0.3) is 0 Å². The minimum absolute atomic E-state index is 0.190. The van der Waals surface area contributed by atoms with Crippen LogP contribution >= 0.6 is 11.6 Å². The molecule has 0 saturated carbocycles. The Labute approximate surface area is 112 Å². The van der Waals surface area contributed by atoms with Crippen molar-refractivity contribution in [3.63, 3.8) is 0 Å². The van der Waals surface area contributed by atoms with Crippen LogP contribution < -0.4 is 4.90 Å². The van der Waals surface area contributed by atoms with Gasteiger partial charge in [0.15, 0.2) is 0 Å². The fourth-order valence-corrected chi connectivity index (χ4v) is 2.57. The molecule has 98 valence electrons. The second-order valence-corrected chi connectivity index (χ2v) is 5.41. The van der Waals surface area contributed by atoms with Crippen LogP contribution in [0, 0.1) is 5.92 Å². The van der Waals surface area contributed by atoms with Crippen molar-refractivity contribution < 1.29 is 9.90 Å². The van der Waals surface area contributed by atoms with E-state index in [2.05, 4.69) is 23.7 Å². The zero-order valence-corrected chi connectivity index (χ0v) is 11.3. The second-order valence-electron chi connectivity index (χ2n) is 5.03. The fourth-order valence-electron chi connectivity index (χ4n) is 2.36. The quantitative estimate of drug-likeness (QED) is 0.838. The van der Waals surface area contributed by atoms with Crippen LogP contribution in [0.2, 0.25) is 5.15 Å². The number of carboxylic acids is 1. The van der Waals surface area contributed by atoms with Crippen molar-refractivity contribution in [3.05, 3.63) is 22.8 Å². The lowest BCUT2D eigenvalue weighted by Gasteiger charge is -2.37. The maximum absolute atomic E-state index is 11.0. The van der Waals surface area contributed by atoms with Gasteiger partial charge in [-0.1, -0.05) is 18.5 Å². The lowest BCUT2D eigenvalue weighted by molar-refractivity contribution is 0.0696. The Hall–Kier alpha value is -1.29. The Kier molecular flexibility index (Phi) is 3.76. The van der Waals surface area contributed by atoms with E-state index in [1.165, 1.54) is 12.5 Å².